The molecule has 1 heterocycles. The molecule has 0 aliphatic carbocycles. The van der Waals surface area contributed by atoms with Gasteiger partial charge in [0.15, 0.2) is 0 Å². The number of carboxylic acid groups (broad SMARTS) is 1. The Kier molecular flexibility index (Phi) is 4.99. The third kappa shape index (κ3) is 3.75. The number of hydrogen-bond acceptors (Lipinski definition) is 3. The van der Waals surface area contributed by atoms with Crippen LogP contribution in [0, 0.1) is 12.8 Å². The molecule has 116 valence electrons. The summed E-state index contributed by atoms with van der Waals surface area (Å²) in [6.07, 6.45) is 1.46. The zero-order valence-electron chi connectivity index (χ0n) is 12.7. The Labute approximate surface area is 129 Å². The van der Waals surface area contributed by atoms with Crippen LogP contribution in [-0.4, -0.2) is 28.4 Å². The van der Waals surface area contributed by atoms with Crippen LogP contribution in [0.15, 0.2) is 47.1 Å². The smallest absolute Gasteiger partial charge is 0.308 e. The molecule has 2 rings (SSSR count). The molecule has 0 spiro atoms. The van der Waals surface area contributed by atoms with Crippen molar-refractivity contribution in [2.75, 3.05) is 6.54 Å². The molecular weight excluding hydrogens is 282 g/mol. The standard InChI is InChI=1S/C17H19NO4/c1-12(17(20)21)10-18(11-14-6-4-3-5-7-14)16(19)15-8-9-22-13(15)2/h3-9,12H,10-11H2,1-2H3,(H,20,21)/t12-/m1/s1. The first-order valence-corrected chi connectivity index (χ1v) is 7.09. The van der Waals surface area contributed by atoms with Crippen LogP contribution in [-0.2, 0) is 11.3 Å². The zero-order valence-corrected chi connectivity index (χ0v) is 12.7. The molecule has 0 saturated carbocycles. The molecule has 22 heavy (non-hydrogen) atoms. The molecule has 1 N–H and O–H groups in total. The summed E-state index contributed by atoms with van der Waals surface area (Å²) in [6, 6.07) is 11.1. The minimum absolute atomic E-state index is 0.147. The van der Waals surface area contributed by atoms with Crippen molar-refractivity contribution >= 4 is 11.9 Å². The number of carbonyl (C=O) groups excluding carboxylic acids is 1. The summed E-state index contributed by atoms with van der Waals surface area (Å²) in [6.45, 7) is 3.82. The summed E-state index contributed by atoms with van der Waals surface area (Å²) >= 11 is 0. The van der Waals surface area contributed by atoms with Crippen LogP contribution in [0.2, 0.25) is 0 Å². The number of aryl methyl sites for hydroxylation is 1. The minimum atomic E-state index is -0.922. The van der Waals surface area contributed by atoms with Crippen molar-refractivity contribution in [3.63, 3.8) is 0 Å². The van der Waals surface area contributed by atoms with Crippen LogP contribution >= 0.6 is 0 Å². The Morgan fingerprint density at radius 2 is 1.91 bits per heavy atom. The number of benzene rings is 1. The van der Waals surface area contributed by atoms with Crippen LogP contribution in [0.1, 0.15) is 28.6 Å². The average Bonchev–Trinajstić information content (AvgIpc) is 2.92. The number of furan rings is 1. The molecule has 0 aliphatic heterocycles. The second-order valence-corrected chi connectivity index (χ2v) is 5.30. The topological polar surface area (TPSA) is 70.8 Å². The van der Waals surface area contributed by atoms with E-state index in [1.165, 1.54) is 6.26 Å². The zero-order chi connectivity index (χ0) is 16.1. The highest BCUT2D eigenvalue weighted by molar-refractivity contribution is 5.95. The second-order valence-electron chi connectivity index (χ2n) is 5.30. The number of nitrogens with zero attached hydrogens (tertiary/aromatic N) is 1. The van der Waals surface area contributed by atoms with Gasteiger partial charge in [0.1, 0.15) is 5.76 Å². The maximum absolute atomic E-state index is 12.7. The van der Waals surface area contributed by atoms with E-state index in [9.17, 15) is 9.59 Å². The van der Waals surface area contributed by atoms with E-state index in [1.54, 1.807) is 24.8 Å². The normalized spacial score (nSPS) is 11.9. The summed E-state index contributed by atoms with van der Waals surface area (Å²) in [4.78, 5) is 25.3. The fourth-order valence-electron chi connectivity index (χ4n) is 2.21. The predicted molar refractivity (Wildman–Crippen MR) is 81.4 cm³/mol. The first-order chi connectivity index (χ1) is 10.5. The summed E-state index contributed by atoms with van der Waals surface area (Å²) in [5.74, 6) is -1.25. The molecule has 0 bridgehead atoms. The first kappa shape index (κ1) is 15.8. The van der Waals surface area contributed by atoms with Gasteiger partial charge in [-0.15, -0.1) is 0 Å². The van der Waals surface area contributed by atoms with Crippen LogP contribution in [0.4, 0.5) is 0 Å². The summed E-state index contributed by atoms with van der Waals surface area (Å²) in [5, 5.41) is 9.11. The van der Waals surface area contributed by atoms with Crippen LogP contribution in [0.5, 0.6) is 0 Å². The molecule has 0 aliphatic rings. The lowest BCUT2D eigenvalue weighted by atomic mass is 10.1. The van der Waals surface area contributed by atoms with E-state index in [-0.39, 0.29) is 12.5 Å². The van der Waals surface area contributed by atoms with Crippen molar-refractivity contribution in [3.8, 4) is 0 Å². The number of rotatable bonds is 6. The predicted octanol–water partition coefficient (Wildman–Crippen LogP) is 2.95. The molecule has 1 aromatic carbocycles. The van der Waals surface area contributed by atoms with Crippen LogP contribution in [0.3, 0.4) is 0 Å². The van der Waals surface area contributed by atoms with Gasteiger partial charge in [0.05, 0.1) is 17.7 Å². The molecule has 1 atom stereocenters. The number of amides is 1. The largest absolute Gasteiger partial charge is 0.481 e. The first-order valence-electron chi connectivity index (χ1n) is 7.09. The van der Waals surface area contributed by atoms with E-state index in [2.05, 4.69) is 0 Å². The van der Waals surface area contributed by atoms with Crippen molar-refractivity contribution in [2.24, 2.45) is 5.92 Å². The quantitative estimate of drug-likeness (QED) is 0.890. The van der Waals surface area contributed by atoms with Gasteiger partial charge in [-0.05, 0) is 18.6 Å². The van der Waals surface area contributed by atoms with Gasteiger partial charge in [-0.3, -0.25) is 9.59 Å². The molecular formula is C17H19NO4. The van der Waals surface area contributed by atoms with Crippen molar-refractivity contribution < 1.29 is 19.1 Å². The number of hydrogen-bond donors (Lipinski definition) is 1. The lowest BCUT2D eigenvalue weighted by molar-refractivity contribution is -0.141. The monoisotopic (exact) mass is 301 g/mol. The molecule has 2 aromatic rings. The van der Waals surface area contributed by atoms with E-state index in [1.807, 2.05) is 30.3 Å². The third-order valence-electron chi connectivity index (χ3n) is 3.51. The molecule has 0 unspecified atom stereocenters. The van der Waals surface area contributed by atoms with Gasteiger partial charge < -0.3 is 14.4 Å². The second kappa shape index (κ2) is 6.93. The molecule has 1 amide bonds. The van der Waals surface area contributed by atoms with E-state index >= 15 is 0 Å². The number of carboxylic acids is 1. The fraction of sp³-hybridized carbons (Fsp3) is 0.294. The summed E-state index contributed by atoms with van der Waals surface area (Å²) in [5.41, 5.74) is 1.42. The maximum atomic E-state index is 12.7. The Morgan fingerprint density at radius 1 is 1.23 bits per heavy atom. The van der Waals surface area contributed by atoms with Gasteiger partial charge in [-0.1, -0.05) is 37.3 Å². The lowest BCUT2D eigenvalue weighted by Crippen LogP contribution is -2.36. The number of aliphatic carboxylic acids is 1. The fourth-order valence-corrected chi connectivity index (χ4v) is 2.21. The Balaban J connectivity index is 2.23. The Hall–Kier alpha value is -2.56. The van der Waals surface area contributed by atoms with Crippen molar-refractivity contribution in [1.29, 1.82) is 0 Å². The Bertz CT molecular complexity index is 648. The Morgan fingerprint density at radius 3 is 2.45 bits per heavy atom. The molecule has 0 fully saturated rings. The average molecular weight is 301 g/mol. The van der Waals surface area contributed by atoms with Crippen molar-refractivity contribution in [1.82, 2.24) is 4.90 Å². The highest BCUT2D eigenvalue weighted by atomic mass is 16.4. The maximum Gasteiger partial charge on any atom is 0.308 e. The van der Waals surface area contributed by atoms with E-state index in [0.717, 1.165) is 5.56 Å². The number of carbonyl (C=O) groups is 2. The van der Waals surface area contributed by atoms with E-state index in [4.69, 9.17) is 9.52 Å². The van der Waals surface area contributed by atoms with Crippen molar-refractivity contribution in [3.05, 3.63) is 59.5 Å². The molecule has 5 nitrogen and oxygen atoms in total. The lowest BCUT2D eigenvalue weighted by Gasteiger charge is -2.24. The van der Waals surface area contributed by atoms with E-state index < -0.39 is 11.9 Å². The van der Waals surface area contributed by atoms with Gasteiger partial charge >= 0.3 is 5.97 Å². The van der Waals surface area contributed by atoms with Crippen LogP contribution < -0.4 is 0 Å². The SMILES string of the molecule is Cc1occc1C(=O)N(Cc1ccccc1)C[C@@H](C)C(=O)O. The summed E-state index contributed by atoms with van der Waals surface area (Å²) in [7, 11) is 0. The molecule has 5 heteroatoms. The third-order valence-corrected chi connectivity index (χ3v) is 3.51. The minimum Gasteiger partial charge on any atom is -0.481 e. The van der Waals surface area contributed by atoms with E-state index in [0.29, 0.717) is 17.9 Å². The highest BCUT2D eigenvalue weighted by Gasteiger charge is 2.23. The van der Waals surface area contributed by atoms with Gasteiger partial charge in [0.25, 0.3) is 5.91 Å². The van der Waals surface area contributed by atoms with Gasteiger partial charge in [-0.25, -0.2) is 0 Å². The van der Waals surface area contributed by atoms with Gasteiger partial charge in [0, 0.05) is 13.1 Å². The van der Waals surface area contributed by atoms with Crippen molar-refractivity contribution in [2.45, 2.75) is 20.4 Å². The van der Waals surface area contributed by atoms with Gasteiger partial charge in [0.2, 0.25) is 0 Å². The highest BCUT2D eigenvalue weighted by Crippen LogP contribution is 2.16. The summed E-state index contributed by atoms with van der Waals surface area (Å²) < 4.78 is 5.17. The molecule has 0 radical (unpaired) electrons. The molecule has 1 aromatic heterocycles. The molecule has 0 saturated heterocycles. The van der Waals surface area contributed by atoms with Gasteiger partial charge in [-0.2, -0.15) is 0 Å². The van der Waals surface area contributed by atoms with Crippen LogP contribution in [0.25, 0.3) is 0 Å².